The van der Waals surface area contributed by atoms with E-state index in [0.29, 0.717) is 0 Å². The van der Waals surface area contributed by atoms with Crippen molar-refractivity contribution >= 4 is 27.6 Å². The Bertz CT molecular complexity index is 1310. The van der Waals surface area contributed by atoms with Crippen LogP contribution in [0.4, 0.5) is 0 Å². The number of Topliss-reactive ketones (excluding diaryl/α,β-unsaturated/α-hetero) is 1. The number of aromatic nitrogens is 1. The third kappa shape index (κ3) is 2.62. The van der Waals surface area contributed by atoms with Crippen LogP contribution in [0.1, 0.15) is 17.3 Å². The smallest absolute Gasteiger partial charge is 0.159 e. The molecule has 5 rings (SSSR count). The zero-order chi connectivity index (χ0) is 19.1. The summed E-state index contributed by atoms with van der Waals surface area (Å²) in [5.41, 5.74) is 6.56. The normalized spacial score (nSPS) is 11.2. The minimum atomic E-state index is 0.0907. The molecule has 0 saturated heterocycles. The molecule has 4 aromatic carbocycles. The summed E-state index contributed by atoms with van der Waals surface area (Å²) < 4.78 is 2.31. The Morgan fingerprint density at radius 2 is 1.29 bits per heavy atom. The molecule has 0 spiro atoms. The summed E-state index contributed by atoms with van der Waals surface area (Å²) >= 11 is 0. The Morgan fingerprint density at radius 1 is 0.643 bits per heavy atom. The van der Waals surface area contributed by atoms with E-state index in [4.69, 9.17) is 0 Å². The van der Waals surface area contributed by atoms with Gasteiger partial charge in [-0.05, 0) is 48.4 Å². The lowest BCUT2D eigenvalue weighted by atomic mass is 10.0. The molecule has 0 N–H and O–H groups in total. The maximum absolute atomic E-state index is 11.5. The van der Waals surface area contributed by atoms with Gasteiger partial charge < -0.3 is 4.57 Å². The van der Waals surface area contributed by atoms with Crippen molar-refractivity contribution in [3.05, 3.63) is 103 Å². The van der Waals surface area contributed by atoms with E-state index in [1.165, 1.54) is 21.8 Å². The molecular weight excluding hydrogens is 342 g/mol. The summed E-state index contributed by atoms with van der Waals surface area (Å²) in [4.78, 5) is 11.5. The number of benzene rings is 4. The summed E-state index contributed by atoms with van der Waals surface area (Å²) in [5.74, 6) is 0.0907. The highest BCUT2D eigenvalue weighted by atomic mass is 16.1. The molecule has 0 fully saturated rings. The van der Waals surface area contributed by atoms with Crippen molar-refractivity contribution in [1.82, 2.24) is 4.57 Å². The van der Waals surface area contributed by atoms with Crippen LogP contribution in [0.5, 0.6) is 0 Å². The van der Waals surface area contributed by atoms with E-state index in [0.717, 1.165) is 22.4 Å². The first-order valence-corrected chi connectivity index (χ1v) is 9.42. The Morgan fingerprint density at radius 3 is 2.04 bits per heavy atom. The molecule has 0 aliphatic heterocycles. The fourth-order valence-corrected chi connectivity index (χ4v) is 3.91. The highest BCUT2D eigenvalue weighted by Gasteiger charge is 2.12. The van der Waals surface area contributed by atoms with Crippen molar-refractivity contribution in [2.75, 3.05) is 0 Å². The molecule has 1 aromatic heterocycles. The molecule has 0 aliphatic rings. The molecule has 1 heterocycles. The average Bonchev–Trinajstić information content (AvgIpc) is 3.08. The minimum absolute atomic E-state index is 0.0907. The Kier molecular flexibility index (Phi) is 3.84. The Labute approximate surface area is 163 Å². The van der Waals surface area contributed by atoms with Gasteiger partial charge in [-0.1, -0.05) is 66.7 Å². The molecule has 28 heavy (non-hydrogen) atoms. The predicted molar refractivity (Wildman–Crippen MR) is 116 cm³/mol. The lowest BCUT2D eigenvalue weighted by Crippen LogP contribution is -1.93. The second kappa shape index (κ2) is 6.50. The standard InChI is InChI=1S/C26H19NO/c1-18(28)19-11-13-20(14-12-19)21-15-16-26-24(17-21)23-9-5-6-10-25(23)27(26)22-7-3-2-4-8-22/h2-17H,1H3. The van der Waals surface area contributed by atoms with Gasteiger partial charge in [0.05, 0.1) is 11.0 Å². The molecule has 0 aliphatic carbocycles. The zero-order valence-corrected chi connectivity index (χ0v) is 15.6. The number of para-hydroxylation sites is 2. The van der Waals surface area contributed by atoms with Crippen LogP contribution in [0.25, 0.3) is 38.6 Å². The number of ketones is 1. The van der Waals surface area contributed by atoms with Gasteiger partial charge in [-0.15, -0.1) is 0 Å². The van der Waals surface area contributed by atoms with E-state index in [1.807, 2.05) is 30.3 Å². The van der Waals surface area contributed by atoms with Crippen molar-refractivity contribution in [2.24, 2.45) is 0 Å². The van der Waals surface area contributed by atoms with Gasteiger partial charge in [-0.3, -0.25) is 4.79 Å². The van der Waals surface area contributed by atoms with E-state index in [-0.39, 0.29) is 5.78 Å². The first kappa shape index (κ1) is 16.5. The van der Waals surface area contributed by atoms with E-state index in [9.17, 15) is 4.79 Å². The molecule has 0 amide bonds. The van der Waals surface area contributed by atoms with Crippen LogP contribution in [0.15, 0.2) is 97.1 Å². The molecule has 0 unspecified atom stereocenters. The summed E-state index contributed by atoms with van der Waals surface area (Å²) in [6, 6.07) is 33.4. The molecule has 134 valence electrons. The lowest BCUT2D eigenvalue weighted by molar-refractivity contribution is 0.101. The van der Waals surface area contributed by atoms with E-state index < -0.39 is 0 Å². The van der Waals surface area contributed by atoms with Crippen molar-refractivity contribution < 1.29 is 4.79 Å². The maximum Gasteiger partial charge on any atom is 0.159 e. The SMILES string of the molecule is CC(=O)c1ccc(-c2ccc3c(c2)c2ccccc2n3-c2ccccc2)cc1. The summed E-state index contributed by atoms with van der Waals surface area (Å²) in [6.45, 7) is 1.60. The van der Waals surface area contributed by atoms with Crippen LogP contribution in [-0.2, 0) is 0 Å². The van der Waals surface area contributed by atoms with Gasteiger partial charge in [-0.25, -0.2) is 0 Å². The highest BCUT2D eigenvalue weighted by Crippen LogP contribution is 2.34. The van der Waals surface area contributed by atoms with E-state index in [1.54, 1.807) is 6.92 Å². The maximum atomic E-state index is 11.5. The van der Waals surface area contributed by atoms with Gasteiger partial charge in [0.2, 0.25) is 0 Å². The first-order chi connectivity index (χ1) is 13.7. The van der Waals surface area contributed by atoms with Crippen LogP contribution >= 0.6 is 0 Å². The van der Waals surface area contributed by atoms with Crippen molar-refractivity contribution in [3.63, 3.8) is 0 Å². The third-order valence-corrected chi connectivity index (χ3v) is 5.31. The van der Waals surface area contributed by atoms with E-state index >= 15 is 0 Å². The van der Waals surface area contributed by atoms with Gasteiger partial charge >= 0.3 is 0 Å². The Hall–Kier alpha value is -3.65. The number of hydrogen-bond donors (Lipinski definition) is 0. The third-order valence-electron chi connectivity index (χ3n) is 5.31. The number of rotatable bonds is 3. The van der Waals surface area contributed by atoms with Crippen LogP contribution in [0.2, 0.25) is 0 Å². The van der Waals surface area contributed by atoms with Crippen molar-refractivity contribution in [3.8, 4) is 16.8 Å². The number of fused-ring (bicyclic) bond motifs is 3. The molecule has 0 atom stereocenters. The fraction of sp³-hybridized carbons (Fsp3) is 0.0385. The minimum Gasteiger partial charge on any atom is -0.309 e. The molecule has 2 heteroatoms. The molecule has 0 bridgehead atoms. The van der Waals surface area contributed by atoms with Crippen LogP contribution in [-0.4, -0.2) is 10.4 Å². The second-order valence-electron chi connectivity index (χ2n) is 7.05. The van der Waals surface area contributed by atoms with Gasteiger partial charge in [0, 0.05) is 22.0 Å². The zero-order valence-electron chi connectivity index (χ0n) is 15.6. The molecule has 0 saturated carbocycles. The van der Waals surface area contributed by atoms with Crippen molar-refractivity contribution in [2.45, 2.75) is 6.92 Å². The first-order valence-electron chi connectivity index (χ1n) is 9.42. The quantitative estimate of drug-likeness (QED) is 0.330. The number of nitrogens with zero attached hydrogens (tertiary/aromatic N) is 1. The predicted octanol–water partition coefficient (Wildman–Crippen LogP) is 6.65. The fourth-order valence-electron chi connectivity index (χ4n) is 3.91. The molecule has 0 radical (unpaired) electrons. The Balaban J connectivity index is 1.75. The van der Waals surface area contributed by atoms with Gasteiger partial charge in [-0.2, -0.15) is 0 Å². The number of carbonyl (C=O) groups is 1. The summed E-state index contributed by atoms with van der Waals surface area (Å²) in [6.07, 6.45) is 0. The average molecular weight is 361 g/mol. The molecular formula is C26H19NO. The van der Waals surface area contributed by atoms with Crippen molar-refractivity contribution in [1.29, 1.82) is 0 Å². The van der Waals surface area contributed by atoms with Crippen LogP contribution < -0.4 is 0 Å². The monoisotopic (exact) mass is 361 g/mol. The number of carbonyl (C=O) groups excluding carboxylic acids is 1. The van der Waals surface area contributed by atoms with Gasteiger partial charge in [0.15, 0.2) is 5.78 Å². The van der Waals surface area contributed by atoms with E-state index in [2.05, 4.69) is 71.3 Å². The summed E-state index contributed by atoms with van der Waals surface area (Å²) in [5, 5.41) is 2.47. The lowest BCUT2D eigenvalue weighted by Gasteiger charge is -2.08. The van der Waals surface area contributed by atoms with Crippen LogP contribution in [0, 0.1) is 0 Å². The van der Waals surface area contributed by atoms with Gasteiger partial charge in [0.25, 0.3) is 0 Å². The largest absolute Gasteiger partial charge is 0.309 e. The second-order valence-corrected chi connectivity index (χ2v) is 7.05. The van der Waals surface area contributed by atoms with Gasteiger partial charge in [0.1, 0.15) is 0 Å². The molecule has 5 aromatic rings. The highest BCUT2D eigenvalue weighted by molar-refractivity contribution is 6.10. The summed E-state index contributed by atoms with van der Waals surface area (Å²) in [7, 11) is 0. The molecule has 2 nitrogen and oxygen atoms in total. The number of hydrogen-bond acceptors (Lipinski definition) is 1. The topological polar surface area (TPSA) is 22.0 Å². The van der Waals surface area contributed by atoms with Crippen LogP contribution in [0.3, 0.4) is 0 Å².